The number of fused-ring (bicyclic) bond motifs is 1. The highest BCUT2D eigenvalue weighted by Gasteiger charge is 2.25. The molecule has 1 fully saturated rings. The van der Waals surface area contributed by atoms with Gasteiger partial charge in [0.25, 0.3) is 5.56 Å². The lowest BCUT2D eigenvalue weighted by Crippen LogP contribution is -2.48. The highest BCUT2D eigenvalue weighted by molar-refractivity contribution is 5.53. The summed E-state index contributed by atoms with van der Waals surface area (Å²) in [4.78, 5) is 41.4. The Hall–Kier alpha value is -2.64. The molecule has 3 heterocycles. The van der Waals surface area contributed by atoms with Crippen LogP contribution in [0.1, 0.15) is 23.5 Å². The normalized spacial score (nSPS) is 17.2. The van der Waals surface area contributed by atoms with E-state index in [9.17, 15) is 9.59 Å². The Balaban J connectivity index is 1.55. The molecule has 2 aromatic heterocycles. The minimum atomic E-state index is -0.468. The van der Waals surface area contributed by atoms with Crippen molar-refractivity contribution in [2.75, 3.05) is 36.0 Å². The Morgan fingerprint density at radius 3 is 2.50 bits per heavy atom. The van der Waals surface area contributed by atoms with E-state index in [1.807, 2.05) is 11.8 Å². The van der Waals surface area contributed by atoms with Crippen molar-refractivity contribution in [3.8, 4) is 0 Å². The Kier molecular flexibility index (Phi) is 3.59. The molecule has 0 unspecified atom stereocenters. The number of hydrogen-bond donors (Lipinski definition) is 2. The van der Waals surface area contributed by atoms with Gasteiger partial charge in [0, 0.05) is 43.5 Å². The fourth-order valence-corrected chi connectivity index (χ4v) is 3.58. The number of nitrogens with one attached hydrogen (secondary N) is 2. The minimum Gasteiger partial charge on any atom is -0.354 e. The number of aryl methyl sites for hydroxylation is 2. The fourth-order valence-electron chi connectivity index (χ4n) is 3.58. The van der Waals surface area contributed by atoms with E-state index in [1.54, 1.807) is 0 Å². The number of aromatic amines is 2. The molecule has 1 saturated heterocycles. The number of anilines is 2. The SMILES string of the molecule is Cc1nc2c(c(N3CCN(c4cc(=O)[nH]c(=O)[nH]4)CC3)n1)CCC2. The van der Waals surface area contributed by atoms with Gasteiger partial charge in [-0.25, -0.2) is 14.8 Å². The van der Waals surface area contributed by atoms with Crippen molar-refractivity contribution in [2.45, 2.75) is 26.2 Å². The van der Waals surface area contributed by atoms with E-state index in [-0.39, 0.29) is 5.56 Å². The standard InChI is InChI=1S/C16H20N6O2/c1-10-17-12-4-2-3-11(12)15(18-10)22-7-5-21(6-8-22)13-9-14(23)20-16(24)19-13/h9H,2-8H2,1H3,(H2,19,20,23,24). The van der Waals surface area contributed by atoms with E-state index in [0.29, 0.717) is 5.82 Å². The predicted molar refractivity (Wildman–Crippen MR) is 90.9 cm³/mol. The lowest BCUT2D eigenvalue weighted by atomic mass is 10.2. The lowest BCUT2D eigenvalue weighted by molar-refractivity contribution is 0.635. The van der Waals surface area contributed by atoms with Gasteiger partial charge in [0.05, 0.1) is 0 Å². The fraction of sp³-hybridized carbons (Fsp3) is 0.500. The maximum absolute atomic E-state index is 11.5. The van der Waals surface area contributed by atoms with Gasteiger partial charge in [-0.2, -0.15) is 0 Å². The van der Waals surface area contributed by atoms with Crippen LogP contribution in [0.25, 0.3) is 0 Å². The van der Waals surface area contributed by atoms with Gasteiger partial charge in [-0.1, -0.05) is 0 Å². The monoisotopic (exact) mass is 328 g/mol. The van der Waals surface area contributed by atoms with E-state index < -0.39 is 5.69 Å². The van der Waals surface area contributed by atoms with Gasteiger partial charge in [-0.3, -0.25) is 14.8 Å². The molecule has 8 heteroatoms. The first-order valence-electron chi connectivity index (χ1n) is 8.30. The van der Waals surface area contributed by atoms with Crippen LogP contribution < -0.4 is 21.0 Å². The highest BCUT2D eigenvalue weighted by atomic mass is 16.2. The average molecular weight is 328 g/mol. The quantitative estimate of drug-likeness (QED) is 0.804. The molecule has 0 spiro atoms. The van der Waals surface area contributed by atoms with Crippen molar-refractivity contribution in [1.29, 1.82) is 0 Å². The van der Waals surface area contributed by atoms with Crippen LogP contribution in [-0.2, 0) is 12.8 Å². The van der Waals surface area contributed by atoms with Gasteiger partial charge in [-0.05, 0) is 26.2 Å². The highest BCUT2D eigenvalue weighted by Crippen LogP contribution is 2.29. The first kappa shape index (κ1) is 14.9. The van der Waals surface area contributed by atoms with E-state index in [0.717, 1.165) is 57.1 Å². The van der Waals surface area contributed by atoms with Gasteiger partial charge in [0.15, 0.2) is 0 Å². The summed E-state index contributed by atoms with van der Waals surface area (Å²) >= 11 is 0. The molecule has 24 heavy (non-hydrogen) atoms. The van der Waals surface area contributed by atoms with Crippen LogP contribution in [0.2, 0.25) is 0 Å². The Bertz CT molecular complexity index is 851. The topological polar surface area (TPSA) is 98.0 Å². The van der Waals surface area contributed by atoms with Gasteiger partial charge in [-0.15, -0.1) is 0 Å². The number of hydrogen-bond acceptors (Lipinski definition) is 6. The summed E-state index contributed by atoms with van der Waals surface area (Å²) in [6, 6.07) is 1.43. The summed E-state index contributed by atoms with van der Waals surface area (Å²) in [7, 11) is 0. The summed E-state index contributed by atoms with van der Waals surface area (Å²) < 4.78 is 0. The molecule has 0 aromatic carbocycles. The molecule has 8 nitrogen and oxygen atoms in total. The van der Waals surface area contributed by atoms with E-state index in [4.69, 9.17) is 0 Å². The predicted octanol–water partition coefficient (Wildman–Crippen LogP) is -0.0231. The smallest absolute Gasteiger partial charge is 0.327 e. The van der Waals surface area contributed by atoms with Crippen molar-refractivity contribution in [2.24, 2.45) is 0 Å². The Labute approximate surface area is 138 Å². The van der Waals surface area contributed by atoms with Gasteiger partial charge < -0.3 is 9.80 Å². The van der Waals surface area contributed by atoms with E-state index in [2.05, 4.69) is 24.8 Å². The van der Waals surface area contributed by atoms with Crippen LogP contribution >= 0.6 is 0 Å². The number of aromatic nitrogens is 4. The molecule has 4 rings (SSSR count). The summed E-state index contributed by atoms with van der Waals surface area (Å²) in [6.45, 7) is 5.02. The summed E-state index contributed by atoms with van der Waals surface area (Å²) in [6.07, 6.45) is 3.24. The summed E-state index contributed by atoms with van der Waals surface area (Å²) in [5, 5.41) is 0. The molecule has 2 aliphatic rings. The molecule has 0 saturated carbocycles. The molecule has 1 aliphatic heterocycles. The van der Waals surface area contributed by atoms with Crippen LogP contribution in [0.4, 0.5) is 11.6 Å². The lowest BCUT2D eigenvalue weighted by Gasteiger charge is -2.37. The molecule has 0 radical (unpaired) electrons. The molecule has 0 amide bonds. The van der Waals surface area contributed by atoms with Crippen molar-refractivity contribution in [1.82, 2.24) is 19.9 Å². The second-order valence-electron chi connectivity index (χ2n) is 6.32. The van der Waals surface area contributed by atoms with Crippen molar-refractivity contribution < 1.29 is 0 Å². The third-order valence-electron chi connectivity index (χ3n) is 4.69. The summed E-state index contributed by atoms with van der Waals surface area (Å²) in [5.41, 5.74) is 1.64. The molecule has 2 aromatic rings. The zero-order valence-electron chi connectivity index (χ0n) is 13.6. The maximum Gasteiger partial charge on any atom is 0.327 e. The average Bonchev–Trinajstić information content (AvgIpc) is 3.01. The number of rotatable bonds is 2. The largest absolute Gasteiger partial charge is 0.354 e. The van der Waals surface area contributed by atoms with Crippen LogP contribution in [-0.4, -0.2) is 46.1 Å². The third-order valence-corrected chi connectivity index (χ3v) is 4.69. The Morgan fingerprint density at radius 2 is 1.75 bits per heavy atom. The second-order valence-corrected chi connectivity index (χ2v) is 6.32. The second kappa shape index (κ2) is 5.77. The van der Waals surface area contributed by atoms with Crippen molar-refractivity contribution >= 4 is 11.6 Å². The van der Waals surface area contributed by atoms with Crippen LogP contribution in [0, 0.1) is 6.92 Å². The van der Waals surface area contributed by atoms with Crippen LogP contribution in [0.15, 0.2) is 15.7 Å². The Morgan fingerprint density at radius 1 is 1.00 bits per heavy atom. The van der Waals surface area contributed by atoms with Gasteiger partial charge in [0.1, 0.15) is 17.5 Å². The van der Waals surface area contributed by atoms with E-state index in [1.165, 1.54) is 17.3 Å². The minimum absolute atomic E-state index is 0.375. The third kappa shape index (κ3) is 2.68. The summed E-state index contributed by atoms with van der Waals surface area (Å²) in [5.74, 6) is 2.47. The molecule has 1 aliphatic carbocycles. The zero-order valence-corrected chi connectivity index (χ0v) is 13.6. The van der Waals surface area contributed by atoms with Crippen molar-refractivity contribution in [3.05, 3.63) is 44.0 Å². The maximum atomic E-state index is 11.5. The molecule has 0 bridgehead atoms. The van der Waals surface area contributed by atoms with Crippen LogP contribution in [0.3, 0.4) is 0 Å². The number of nitrogens with zero attached hydrogens (tertiary/aromatic N) is 4. The first-order chi connectivity index (χ1) is 11.6. The van der Waals surface area contributed by atoms with E-state index >= 15 is 0 Å². The molecular weight excluding hydrogens is 308 g/mol. The van der Waals surface area contributed by atoms with Gasteiger partial charge in [0.2, 0.25) is 0 Å². The number of piperazine rings is 1. The zero-order chi connectivity index (χ0) is 16.7. The van der Waals surface area contributed by atoms with Gasteiger partial charge >= 0.3 is 5.69 Å². The molecule has 126 valence electrons. The molecule has 0 atom stereocenters. The van der Waals surface area contributed by atoms with Crippen LogP contribution in [0.5, 0.6) is 0 Å². The van der Waals surface area contributed by atoms with Crippen molar-refractivity contribution in [3.63, 3.8) is 0 Å². The number of H-pyrrole nitrogens is 2. The molecular formula is C16H20N6O2. The first-order valence-corrected chi connectivity index (χ1v) is 8.30. The molecule has 2 N–H and O–H groups in total.